The average molecular weight is 402 g/mol. The number of hydrogen-bond acceptors (Lipinski definition) is 4. The van der Waals surface area contributed by atoms with Crippen LogP contribution in [0.15, 0.2) is 36.7 Å². The number of aromatic nitrogens is 2. The number of carbonyl (C=O) groups is 3. The van der Waals surface area contributed by atoms with Gasteiger partial charge in [-0.3, -0.25) is 14.5 Å². The molecule has 1 saturated carbocycles. The fourth-order valence-corrected chi connectivity index (χ4v) is 4.01. The van der Waals surface area contributed by atoms with Crippen LogP contribution in [0.5, 0.6) is 0 Å². The number of imide groups is 1. The maximum atomic E-state index is 12.6. The molecular weight excluding hydrogens is 382 g/mol. The molecule has 2 aliphatic rings. The zero-order valence-electron chi connectivity index (χ0n) is 15.2. The summed E-state index contributed by atoms with van der Waals surface area (Å²) >= 11 is 6.06. The molecular formula is C19H20ClN5O3. The number of hydrogen-bond donors (Lipinski definition) is 2. The first-order chi connectivity index (χ1) is 13.5. The van der Waals surface area contributed by atoms with E-state index in [1.54, 1.807) is 41.3 Å². The number of benzene rings is 1. The second-order valence-electron chi connectivity index (χ2n) is 7.09. The molecule has 0 bridgehead atoms. The topological polar surface area (TPSA) is 96.3 Å². The Morgan fingerprint density at radius 2 is 2.07 bits per heavy atom. The van der Waals surface area contributed by atoms with Crippen LogP contribution in [-0.4, -0.2) is 44.6 Å². The Hall–Kier alpha value is -2.87. The van der Waals surface area contributed by atoms with Gasteiger partial charge in [0.25, 0.3) is 5.91 Å². The smallest absolute Gasteiger partial charge is 0.324 e. The third kappa shape index (κ3) is 3.35. The van der Waals surface area contributed by atoms with Crippen molar-refractivity contribution in [3.8, 4) is 5.69 Å². The highest BCUT2D eigenvalue weighted by Gasteiger charge is 2.52. The molecule has 1 aliphatic carbocycles. The molecule has 0 radical (unpaired) electrons. The Labute approximate surface area is 166 Å². The van der Waals surface area contributed by atoms with Crippen LogP contribution in [0.25, 0.3) is 5.69 Å². The molecule has 1 aliphatic heterocycles. The molecule has 1 saturated heterocycles. The lowest BCUT2D eigenvalue weighted by Crippen LogP contribution is -2.44. The van der Waals surface area contributed by atoms with E-state index in [4.69, 9.17) is 11.6 Å². The molecule has 4 rings (SSSR count). The van der Waals surface area contributed by atoms with Crippen LogP contribution in [-0.2, 0) is 9.59 Å². The molecule has 9 heteroatoms. The summed E-state index contributed by atoms with van der Waals surface area (Å²) < 4.78 is 1.62. The van der Waals surface area contributed by atoms with Crippen molar-refractivity contribution in [3.63, 3.8) is 0 Å². The number of amides is 4. The molecule has 8 nitrogen and oxygen atoms in total. The van der Waals surface area contributed by atoms with E-state index in [9.17, 15) is 14.4 Å². The molecule has 1 spiro atoms. The minimum atomic E-state index is -0.756. The zero-order valence-corrected chi connectivity index (χ0v) is 15.9. The van der Waals surface area contributed by atoms with Crippen molar-refractivity contribution < 1.29 is 14.4 Å². The van der Waals surface area contributed by atoms with Crippen LogP contribution >= 0.6 is 11.6 Å². The summed E-state index contributed by atoms with van der Waals surface area (Å²) in [5.41, 5.74) is 0.418. The number of nitrogens with zero attached hydrogens (tertiary/aromatic N) is 3. The van der Waals surface area contributed by atoms with Gasteiger partial charge in [-0.25, -0.2) is 9.48 Å². The number of carbonyl (C=O) groups excluding carboxylic acids is 3. The van der Waals surface area contributed by atoms with Crippen LogP contribution in [0.4, 0.5) is 10.5 Å². The lowest BCUT2D eigenvalue weighted by Gasteiger charge is -2.20. The number of nitrogens with one attached hydrogen (secondary N) is 2. The van der Waals surface area contributed by atoms with Gasteiger partial charge in [0.2, 0.25) is 5.91 Å². The average Bonchev–Trinajstić information content (AvgIpc) is 3.38. The van der Waals surface area contributed by atoms with Crippen molar-refractivity contribution in [2.45, 2.75) is 37.6 Å². The second kappa shape index (κ2) is 7.27. The van der Waals surface area contributed by atoms with E-state index in [0.29, 0.717) is 29.2 Å². The predicted octanol–water partition coefficient (Wildman–Crippen LogP) is 2.72. The first-order valence-corrected chi connectivity index (χ1v) is 9.60. The van der Waals surface area contributed by atoms with E-state index in [-0.39, 0.29) is 24.8 Å². The molecule has 146 valence electrons. The monoisotopic (exact) mass is 401 g/mol. The van der Waals surface area contributed by atoms with Crippen molar-refractivity contribution in [3.05, 3.63) is 41.7 Å². The highest BCUT2D eigenvalue weighted by atomic mass is 35.5. The first kappa shape index (κ1) is 18.5. The summed E-state index contributed by atoms with van der Waals surface area (Å²) in [6.45, 7) is 0.0376. The predicted molar refractivity (Wildman–Crippen MR) is 103 cm³/mol. The molecule has 2 heterocycles. The Morgan fingerprint density at radius 1 is 1.29 bits per heavy atom. The van der Waals surface area contributed by atoms with Gasteiger partial charge >= 0.3 is 6.03 Å². The van der Waals surface area contributed by atoms with Gasteiger partial charge in [0.1, 0.15) is 5.54 Å². The standard InChI is InChI=1S/C19H20ClN5O3/c20-13-4-5-15(25-10-3-9-21-25)14(12-13)22-16(26)6-11-24-17(27)19(23-18(24)28)7-1-2-8-19/h3-5,9-10,12H,1-2,6-8,11H2,(H,22,26)(H,23,28). The van der Waals surface area contributed by atoms with Crippen molar-refractivity contribution in [1.82, 2.24) is 20.0 Å². The first-order valence-electron chi connectivity index (χ1n) is 9.22. The molecule has 1 aromatic carbocycles. The van der Waals surface area contributed by atoms with Crippen molar-refractivity contribution in [1.29, 1.82) is 0 Å². The summed E-state index contributed by atoms with van der Waals surface area (Å²) in [5, 5.41) is 10.3. The molecule has 1 aromatic heterocycles. The summed E-state index contributed by atoms with van der Waals surface area (Å²) in [6, 6.07) is 6.46. The molecule has 2 fully saturated rings. The third-order valence-corrected chi connectivity index (χ3v) is 5.48. The van der Waals surface area contributed by atoms with Gasteiger partial charge in [0.05, 0.1) is 11.4 Å². The zero-order chi connectivity index (χ0) is 19.7. The van der Waals surface area contributed by atoms with Gasteiger partial charge in [0, 0.05) is 30.4 Å². The Balaban J connectivity index is 1.42. The van der Waals surface area contributed by atoms with Gasteiger partial charge in [0.15, 0.2) is 0 Å². The van der Waals surface area contributed by atoms with Gasteiger partial charge in [-0.1, -0.05) is 24.4 Å². The number of urea groups is 1. The normalized spacial score (nSPS) is 18.0. The quantitative estimate of drug-likeness (QED) is 0.753. The van der Waals surface area contributed by atoms with Crippen molar-refractivity contribution in [2.75, 3.05) is 11.9 Å². The number of rotatable bonds is 5. The van der Waals surface area contributed by atoms with Crippen molar-refractivity contribution in [2.24, 2.45) is 0 Å². The fourth-order valence-electron chi connectivity index (χ4n) is 3.84. The summed E-state index contributed by atoms with van der Waals surface area (Å²) in [5.74, 6) is -0.536. The van der Waals surface area contributed by atoms with Crippen LogP contribution in [0.3, 0.4) is 0 Å². The van der Waals surface area contributed by atoms with Crippen LogP contribution in [0, 0.1) is 0 Å². The summed E-state index contributed by atoms with van der Waals surface area (Å²) in [7, 11) is 0. The molecule has 4 amide bonds. The maximum Gasteiger partial charge on any atom is 0.325 e. The van der Waals surface area contributed by atoms with E-state index in [0.717, 1.165) is 17.7 Å². The fraction of sp³-hybridized carbons (Fsp3) is 0.368. The number of halogens is 1. The molecule has 28 heavy (non-hydrogen) atoms. The van der Waals surface area contributed by atoms with E-state index in [1.807, 2.05) is 0 Å². The van der Waals surface area contributed by atoms with Crippen LogP contribution in [0.1, 0.15) is 32.1 Å². The lowest BCUT2D eigenvalue weighted by molar-refractivity contribution is -0.131. The SMILES string of the molecule is O=C(CCN1C(=O)NC2(CCCC2)C1=O)Nc1cc(Cl)ccc1-n1cccn1. The molecule has 2 aromatic rings. The number of anilines is 1. The molecule has 0 unspecified atom stereocenters. The van der Waals surface area contributed by atoms with Crippen molar-refractivity contribution >= 4 is 35.1 Å². The third-order valence-electron chi connectivity index (χ3n) is 5.25. The van der Waals surface area contributed by atoms with E-state index < -0.39 is 11.6 Å². The van der Waals surface area contributed by atoms with Crippen LogP contribution < -0.4 is 10.6 Å². The Morgan fingerprint density at radius 3 is 2.79 bits per heavy atom. The second-order valence-corrected chi connectivity index (χ2v) is 7.52. The van der Waals surface area contributed by atoms with Gasteiger partial charge in [-0.2, -0.15) is 5.10 Å². The van der Waals surface area contributed by atoms with E-state index in [2.05, 4.69) is 15.7 Å². The minimum Gasteiger partial charge on any atom is -0.324 e. The van der Waals surface area contributed by atoms with Gasteiger partial charge < -0.3 is 10.6 Å². The highest BCUT2D eigenvalue weighted by Crippen LogP contribution is 2.35. The Bertz CT molecular complexity index is 922. The van der Waals surface area contributed by atoms with Crippen LogP contribution in [0.2, 0.25) is 5.02 Å². The molecule has 0 atom stereocenters. The largest absolute Gasteiger partial charge is 0.325 e. The minimum absolute atomic E-state index is 0.000298. The lowest BCUT2D eigenvalue weighted by atomic mass is 9.98. The van der Waals surface area contributed by atoms with Gasteiger partial charge in [-0.05, 0) is 37.1 Å². The van der Waals surface area contributed by atoms with E-state index in [1.165, 1.54) is 0 Å². The molecule has 2 N–H and O–H groups in total. The highest BCUT2D eigenvalue weighted by molar-refractivity contribution is 6.31. The van der Waals surface area contributed by atoms with E-state index >= 15 is 0 Å². The Kier molecular flexibility index (Phi) is 4.80. The summed E-state index contributed by atoms with van der Waals surface area (Å²) in [6.07, 6.45) is 6.56. The maximum absolute atomic E-state index is 12.6. The summed E-state index contributed by atoms with van der Waals surface area (Å²) in [4.78, 5) is 38.5. The van der Waals surface area contributed by atoms with Gasteiger partial charge in [-0.15, -0.1) is 0 Å².